The predicted octanol–water partition coefficient (Wildman–Crippen LogP) is 3.80. The molecule has 0 saturated heterocycles. The van der Waals surface area contributed by atoms with Crippen molar-refractivity contribution in [2.45, 2.75) is 13.3 Å². The van der Waals surface area contributed by atoms with Crippen LogP contribution in [0.5, 0.6) is 23.0 Å². The van der Waals surface area contributed by atoms with Gasteiger partial charge in [0.05, 0.1) is 32.6 Å². The van der Waals surface area contributed by atoms with Gasteiger partial charge in [-0.3, -0.25) is 9.59 Å². The van der Waals surface area contributed by atoms with Crippen molar-refractivity contribution in [3.63, 3.8) is 0 Å². The van der Waals surface area contributed by atoms with Gasteiger partial charge < -0.3 is 24.3 Å². The summed E-state index contributed by atoms with van der Waals surface area (Å²) in [6.45, 7) is 2.60. The van der Waals surface area contributed by atoms with Crippen molar-refractivity contribution in [1.29, 1.82) is 0 Å². The lowest BCUT2D eigenvalue weighted by Gasteiger charge is -2.10. The second kappa shape index (κ2) is 13.3. The molecule has 3 rings (SSSR count). The van der Waals surface area contributed by atoms with Crippen molar-refractivity contribution < 1.29 is 33.3 Å². The number of carbonyl (C=O) groups is 3. The van der Waals surface area contributed by atoms with Gasteiger partial charge in [-0.25, -0.2) is 10.2 Å². The summed E-state index contributed by atoms with van der Waals surface area (Å²) in [5.74, 6) is -0.609. The molecule has 0 aromatic heterocycles. The summed E-state index contributed by atoms with van der Waals surface area (Å²) in [5, 5.41) is 6.25. The number of nitrogens with zero attached hydrogens (tertiary/aromatic N) is 1. The molecule has 10 heteroatoms. The molecule has 0 aliphatic rings. The number of anilines is 1. The molecule has 2 amide bonds. The fourth-order valence-corrected chi connectivity index (χ4v) is 2.99. The Balaban J connectivity index is 1.56. The molecule has 0 unspecified atom stereocenters. The van der Waals surface area contributed by atoms with Crippen LogP contribution in [0.25, 0.3) is 0 Å². The van der Waals surface area contributed by atoms with Crippen LogP contribution in [0, 0.1) is 0 Å². The first-order valence-electron chi connectivity index (χ1n) is 11.3. The number of methoxy groups -OCH3 is 2. The molecule has 0 radical (unpaired) electrons. The largest absolute Gasteiger partial charge is 0.497 e. The maximum Gasteiger partial charge on any atom is 0.343 e. The second-order valence-corrected chi connectivity index (χ2v) is 7.55. The molecule has 2 N–H and O–H groups in total. The molecule has 0 bridgehead atoms. The summed E-state index contributed by atoms with van der Waals surface area (Å²) in [5.41, 5.74) is 3.47. The number of amides is 2. The van der Waals surface area contributed by atoms with E-state index in [4.69, 9.17) is 18.9 Å². The van der Waals surface area contributed by atoms with Crippen LogP contribution in [0.4, 0.5) is 5.69 Å². The first kappa shape index (κ1) is 26.7. The Morgan fingerprint density at radius 3 is 2.19 bits per heavy atom. The molecule has 192 valence electrons. The highest BCUT2D eigenvalue weighted by Gasteiger charge is 2.14. The van der Waals surface area contributed by atoms with E-state index in [2.05, 4.69) is 15.8 Å². The topological polar surface area (TPSA) is 125 Å². The maximum atomic E-state index is 12.5. The molecule has 3 aromatic carbocycles. The predicted molar refractivity (Wildman–Crippen MR) is 138 cm³/mol. The lowest BCUT2D eigenvalue weighted by atomic mass is 10.2. The zero-order chi connectivity index (χ0) is 26.6. The van der Waals surface area contributed by atoms with Crippen LogP contribution in [0.15, 0.2) is 71.8 Å². The SMILES string of the molecule is CCCOc1ccc(C(=O)Oc2ccc(/C=N\NC(=O)C(=O)Nc3ccc(OC)cc3)cc2OC)cc1. The fourth-order valence-electron chi connectivity index (χ4n) is 2.99. The molecule has 0 spiro atoms. The maximum absolute atomic E-state index is 12.5. The third kappa shape index (κ3) is 7.82. The van der Waals surface area contributed by atoms with Gasteiger partial charge in [0.2, 0.25) is 0 Å². The molecule has 10 nitrogen and oxygen atoms in total. The van der Waals surface area contributed by atoms with E-state index in [0.29, 0.717) is 34.9 Å². The number of esters is 1. The molecule has 0 saturated carbocycles. The van der Waals surface area contributed by atoms with Gasteiger partial charge in [-0.2, -0.15) is 5.10 Å². The summed E-state index contributed by atoms with van der Waals surface area (Å²) < 4.78 is 21.3. The van der Waals surface area contributed by atoms with Gasteiger partial charge in [0.1, 0.15) is 11.5 Å². The molecular formula is C27H27N3O7. The van der Waals surface area contributed by atoms with Crippen molar-refractivity contribution >= 4 is 29.7 Å². The molecule has 37 heavy (non-hydrogen) atoms. The standard InChI is InChI=1S/C27H27N3O7/c1-4-15-36-22-10-6-19(7-11-22)27(33)37-23-14-5-18(16-24(23)35-3)17-28-30-26(32)25(31)29-20-8-12-21(34-2)13-9-20/h5-14,16-17H,4,15H2,1-3H3,(H,29,31)(H,30,32)/b28-17-. The highest BCUT2D eigenvalue weighted by atomic mass is 16.6. The van der Waals surface area contributed by atoms with Crippen molar-refractivity contribution in [2.75, 3.05) is 26.1 Å². The number of rotatable bonds is 10. The van der Waals surface area contributed by atoms with Crippen LogP contribution in [0.1, 0.15) is 29.3 Å². The van der Waals surface area contributed by atoms with Crippen LogP contribution in [0.3, 0.4) is 0 Å². The lowest BCUT2D eigenvalue weighted by molar-refractivity contribution is -0.136. The van der Waals surface area contributed by atoms with Crippen LogP contribution >= 0.6 is 0 Å². The first-order valence-corrected chi connectivity index (χ1v) is 11.3. The van der Waals surface area contributed by atoms with Gasteiger partial charge in [-0.1, -0.05) is 6.92 Å². The third-order valence-corrected chi connectivity index (χ3v) is 4.89. The highest BCUT2D eigenvalue weighted by molar-refractivity contribution is 6.39. The molecule has 0 atom stereocenters. The van der Waals surface area contributed by atoms with Crippen molar-refractivity contribution in [3.05, 3.63) is 77.9 Å². The van der Waals surface area contributed by atoms with E-state index in [-0.39, 0.29) is 11.5 Å². The molecule has 0 fully saturated rings. The smallest absolute Gasteiger partial charge is 0.343 e. The Labute approximate surface area is 214 Å². The van der Waals surface area contributed by atoms with E-state index in [1.54, 1.807) is 60.7 Å². The number of hydrogen-bond donors (Lipinski definition) is 2. The van der Waals surface area contributed by atoms with Crippen LogP contribution in [0.2, 0.25) is 0 Å². The Bertz CT molecular complexity index is 1260. The first-order chi connectivity index (χ1) is 17.9. The van der Waals surface area contributed by atoms with Gasteiger partial charge in [0.15, 0.2) is 11.5 Å². The zero-order valence-electron chi connectivity index (χ0n) is 20.6. The average Bonchev–Trinajstić information content (AvgIpc) is 2.93. The number of benzene rings is 3. The minimum absolute atomic E-state index is 0.207. The quantitative estimate of drug-likeness (QED) is 0.141. The lowest BCUT2D eigenvalue weighted by Crippen LogP contribution is -2.32. The second-order valence-electron chi connectivity index (χ2n) is 7.55. The van der Waals surface area contributed by atoms with E-state index < -0.39 is 17.8 Å². The van der Waals surface area contributed by atoms with Gasteiger partial charge in [-0.05, 0) is 78.7 Å². The zero-order valence-corrected chi connectivity index (χ0v) is 20.6. The Morgan fingerprint density at radius 2 is 1.54 bits per heavy atom. The number of hydrogen-bond acceptors (Lipinski definition) is 8. The fraction of sp³-hybridized carbons (Fsp3) is 0.185. The summed E-state index contributed by atoms with van der Waals surface area (Å²) >= 11 is 0. The minimum atomic E-state index is -0.948. The van der Waals surface area contributed by atoms with Gasteiger partial charge in [0, 0.05) is 5.69 Å². The van der Waals surface area contributed by atoms with E-state index in [1.807, 2.05) is 6.92 Å². The number of carbonyl (C=O) groups excluding carboxylic acids is 3. The van der Waals surface area contributed by atoms with Crippen molar-refractivity contribution in [3.8, 4) is 23.0 Å². The van der Waals surface area contributed by atoms with E-state index in [9.17, 15) is 14.4 Å². The normalized spacial score (nSPS) is 10.5. The molecule has 0 aliphatic heterocycles. The van der Waals surface area contributed by atoms with Gasteiger partial charge >= 0.3 is 17.8 Å². The molecule has 3 aromatic rings. The Morgan fingerprint density at radius 1 is 0.838 bits per heavy atom. The summed E-state index contributed by atoms with van der Waals surface area (Å²) in [4.78, 5) is 36.6. The Hall–Kier alpha value is -4.86. The average molecular weight is 506 g/mol. The highest BCUT2D eigenvalue weighted by Crippen LogP contribution is 2.28. The molecular weight excluding hydrogens is 478 g/mol. The van der Waals surface area contributed by atoms with E-state index in [1.165, 1.54) is 26.5 Å². The van der Waals surface area contributed by atoms with E-state index in [0.717, 1.165) is 6.42 Å². The summed E-state index contributed by atoms with van der Waals surface area (Å²) in [6, 6.07) is 17.9. The number of hydrazone groups is 1. The number of nitrogens with one attached hydrogen (secondary N) is 2. The monoisotopic (exact) mass is 505 g/mol. The van der Waals surface area contributed by atoms with Crippen LogP contribution in [-0.4, -0.2) is 44.8 Å². The van der Waals surface area contributed by atoms with Crippen LogP contribution in [-0.2, 0) is 9.59 Å². The van der Waals surface area contributed by atoms with Crippen molar-refractivity contribution in [1.82, 2.24) is 5.43 Å². The summed E-state index contributed by atoms with van der Waals surface area (Å²) in [6.07, 6.45) is 2.21. The van der Waals surface area contributed by atoms with Gasteiger partial charge in [0.25, 0.3) is 0 Å². The summed E-state index contributed by atoms with van der Waals surface area (Å²) in [7, 11) is 2.96. The van der Waals surface area contributed by atoms with Crippen LogP contribution < -0.4 is 29.7 Å². The Kier molecular flexibility index (Phi) is 9.60. The number of ether oxygens (including phenoxy) is 4. The van der Waals surface area contributed by atoms with Gasteiger partial charge in [-0.15, -0.1) is 0 Å². The molecule has 0 aliphatic carbocycles. The van der Waals surface area contributed by atoms with E-state index >= 15 is 0 Å². The molecule has 0 heterocycles. The van der Waals surface area contributed by atoms with Crippen molar-refractivity contribution in [2.24, 2.45) is 5.10 Å². The third-order valence-electron chi connectivity index (χ3n) is 4.89. The minimum Gasteiger partial charge on any atom is -0.497 e.